The molecule has 0 fully saturated rings. The lowest BCUT2D eigenvalue weighted by molar-refractivity contribution is -0.140. The van der Waals surface area contributed by atoms with Crippen molar-refractivity contribution in [2.24, 2.45) is 0 Å². The third kappa shape index (κ3) is 6.93. The Kier molecular flexibility index (Phi) is 8.08. The van der Waals surface area contributed by atoms with Gasteiger partial charge in [-0.25, -0.2) is 12.8 Å². The van der Waals surface area contributed by atoms with Gasteiger partial charge in [0.05, 0.1) is 12.8 Å². The summed E-state index contributed by atoms with van der Waals surface area (Å²) in [6.45, 7) is 1.50. The predicted octanol–water partition coefficient (Wildman–Crippen LogP) is 1.75. The number of nitrogens with one attached hydrogen (secondary N) is 1. The molecule has 0 aliphatic rings. The first-order valence-corrected chi connectivity index (χ1v) is 11.2. The van der Waals surface area contributed by atoms with E-state index in [0.717, 1.165) is 16.1 Å². The maximum absolute atomic E-state index is 13.2. The van der Waals surface area contributed by atoms with Crippen molar-refractivity contribution in [3.63, 3.8) is 0 Å². The van der Waals surface area contributed by atoms with E-state index >= 15 is 0 Å². The number of likely N-dealkylation sites (N-methyl/N-ethyl adjacent to an activating group) is 1. The molecule has 1 N–H and O–H groups in total. The van der Waals surface area contributed by atoms with E-state index in [1.807, 2.05) is 30.3 Å². The Labute approximate surface area is 176 Å². The molecule has 1 unspecified atom stereocenters. The van der Waals surface area contributed by atoms with Gasteiger partial charge in [0.25, 0.3) is 0 Å². The van der Waals surface area contributed by atoms with E-state index in [0.29, 0.717) is 12.1 Å². The summed E-state index contributed by atoms with van der Waals surface area (Å²) in [5.41, 5.74) is 1.53. The molecule has 30 heavy (non-hydrogen) atoms. The van der Waals surface area contributed by atoms with Crippen LogP contribution in [0.5, 0.6) is 0 Å². The van der Waals surface area contributed by atoms with E-state index in [2.05, 4.69) is 5.32 Å². The first-order valence-electron chi connectivity index (χ1n) is 9.35. The molecular weight excluding hydrogens is 409 g/mol. The summed E-state index contributed by atoms with van der Waals surface area (Å²) >= 11 is 0. The predicted molar refractivity (Wildman–Crippen MR) is 112 cm³/mol. The van der Waals surface area contributed by atoms with Gasteiger partial charge in [-0.2, -0.15) is 4.31 Å². The van der Waals surface area contributed by atoms with E-state index < -0.39 is 34.3 Å². The number of carbonyl (C=O) groups is 2. The Balaban J connectivity index is 2.16. The number of rotatable bonds is 9. The fourth-order valence-electron chi connectivity index (χ4n) is 2.70. The van der Waals surface area contributed by atoms with Crippen LogP contribution < -0.4 is 5.32 Å². The maximum atomic E-state index is 13.2. The molecule has 2 amide bonds. The average Bonchev–Trinajstić information content (AvgIpc) is 2.71. The number of carbonyl (C=O) groups excluding carboxylic acids is 2. The number of halogens is 1. The van der Waals surface area contributed by atoms with Crippen molar-refractivity contribution in [2.75, 3.05) is 19.8 Å². The first-order chi connectivity index (χ1) is 14.1. The zero-order chi connectivity index (χ0) is 22.3. The lowest BCUT2D eigenvalue weighted by atomic mass is 10.1. The molecule has 0 aromatic heterocycles. The highest BCUT2D eigenvalue weighted by Crippen LogP contribution is 2.12. The summed E-state index contributed by atoms with van der Waals surface area (Å²) in [4.78, 5) is 26.8. The van der Waals surface area contributed by atoms with Crippen LogP contribution in [0.15, 0.2) is 54.6 Å². The molecule has 0 bridgehead atoms. The summed E-state index contributed by atoms with van der Waals surface area (Å²) < 4.78 is 37.5. The Morgan fingerprint density at radius 1 is 1.03 bits per heavy atom. The van der Waals surface area contributed by atoms with Gasteiger partial charge in [0, 0.05) is 20.1 Å². The lowest BCUT2D eigenvalue weighted by Crippen LogP contribution is -2.50. The van der Waals surface area contributed by atoms with Crippen molar-refractivity contribution in [1.29, 1.82) is 0 Å². The van der Waals surface area contributed by atoms with Gasteiger partial charge in [-0.05, 0) is 30.2 Å². The Morgan fingerprint density at radius 2 is 1.63 bits per heavy atom. The minimum Gasteiger partial charge on any atom is -0.350 e. The van der Waals surface area contributed by atoms with Crippen molar-refractivity contribution in [3.8, 4) is 0 Å². The number of benzene rings is 2. The standard InChI is InChI=1S/C21H26FN3O4S/c1-16(21(27)23-13-17-7-5-4-6-8-17)25(14-18-9-11-19(22)12-10-18)20(26)15-24(2)30(3,28)29/h4-12,16H,13-15H2,1-3H3,(H,23,27). The minimum atomic E-state index is -3.57. The zero-order valence-electron chi connectivity index (χ0n) is 17.2. The van der Waals surface area contributed by atoms with Crippen LogP contribution in [0.25, 0.3) is 0 Å². The van der Waals surface area contributed by atoms with Gasteiger partial charge in [-0.15, -0.1) is 0 Å². The molecule has 0 saturated heterocycles. The Hall–Kier alpha value is -2.78. The number of hydrogen-bond donors (Lipinski definition) is 1. The Bertz CT molecular complexity index is 966. The van der Waals surface area contributed by atoms with Crippen molar-refractivity contribution in [2.45, 2.75) is 26.1 Å². The second kappa shape index (κ2) is 10.3. The quantitative estimate of drug-likeness (QED) is 0.650. The second-order valence-electron chi connectivity index (χ2n) is 7.05. The molecule has 0 aliphatic carbocycles. The maximum Gasteiger partial charge on any atom is 0.242 e. The zero-order valence-corrected chi connectivity index (χ0v) is 18.0. The summed E-state index contributed by atoms with van der Waals surface area (Å²) in [6.07, 6.45) is 1.00. The summed E-state index contributed by atoms with van der Waals surface area (Å²) in [5.74, 6) is -1.33. The lowest BCUT2D eigenvalue weighted by Gasteiger charge is -2.30. The summed E-state index contributed by atoms with van der Waals surface area (Å²) in [5, 5.41) is 2.79. The fourth-order valence-corrected chi connectivity index (χ4v) is 3.05. The molecule has 2 rings (SSSR count). The smallest absolute Gasteiger partial charge is 0.242 e. The highest BCUT2D eigenvalue weighted by Gasteiger charge is 2.28. The van der Waals surface area contributed by atoms with E-state index in [4.69, 9.17) is 0 Å². The van der Waals surface area contributed by atoms with E-state index in [1.165, 1.54) is 36.2 Å². The monoisotopic (exact) mass is 435 g/mol. The molecule has 0 heterocycles. The van der Waals surface area contributed by atoms with Gasteiger partial charge >= 0.3 is 0 Å². The van der Waals surface area contributed by atoms with Crippen molar-refractivity contribution in [3.05, 3.63) is 71.5 Å². The van der Waals surface area contributed by atoms with Crippen LogP contribution >= 0.6 is 0 Å². The highest BCUT2D eigenvalue weighted by molar-refractivity contribution is 7.88. The van der Waals surface area contributed by atoms with Gasteiger partial charge in [0.15, 0.2) is 0 Å². The second-order valence-corrected chi connectivity index (χ2v) is 9.14. The van der Waals surface area contributed by atoms with Gasteiger partial charge < -0.3 is 10.2 Å². The van der Waals surface area contributed by atoms with Crippen LogP contribution in [0.2, 0.25) is 0 Å². The third-order valence-corrected chi connectivity index (χ3v) is 5.93. The van der Waals surface area contributed by atoms with Gasteiger partial charge in [0.2, 0.25) is 21.8 Å². The average molecular weight is 436 g/mol. The van der Waals surface area contributed by atoms with Gasteiger partial charge in [-0.3, -0.25) is 9.59 Å². The molecule has 0 aliphatic heterocycles. The largest absolute Gasteiger partial charge is 0.350 e. The normalized spacial score (nSPS) is 12.4. The van der Waals surface area contributed by atoms with Crippen LogP contribution in [0.4, 0.5) is 4.39 Å². The molecule has 7 nitrogen and oxygen atoms in total. The molecular formula is C21H26FN3O4S. The highest BCUT2D eigenvalue weighted by atomic mass is 32.2. The van der Waals surface area contributed by atoms with Crippen LogP contribution in [-0.4, -0.2) is 55.3 Å². The first kappa shape index (κ1) is 23.5. The van der Waals surface area contributed by atoms with Crippen LogP contribution in [-0.2, 0) is 32.7 Å². The van der Waals surface area contributed by atoms with Crippen LogP contribution in [0.3, 0.4) is 0 Å². The van der Waals surface area contributed by atoms with Crippen molar-refractivity contribution in [1.82, 2.24) is 14.5 Å². The van der Waals surface area contributed by atoms with Gasteiger partial charge in [0.1, 0.15) is 11.9 Å². The van der Waals surface area contributed by atoms with Crippen molar-refractivity contribution < 1.29 is 22.4 Å². The Morgan fingerprint density at radius 3 is 2.20 bits per heavy atom. The molecule has 2 aromatic rings. The summed E-state index contributed by atoms with van der Waals surface area (Å²) in [7, 11) is -2.27. The number of nitrogens with zero attached hydrogens (tertiary/aromatic N) is 2. The number of sulfonamides is 1. The van der Waals surface area contributed by atoms with E-state index in [1.54, 1.807) is 6.92 Å². The van der Waals surface area contributed by atoms with E-state index in [9.17, 15) is 22.4 Å². The summed E-state index contributed by atoms with van der Waals surface area (Å²) in [6, 6.07) is 14.0. The molecule has 162 valence electrons. The fraction of sp³-hybridized carbons (Fsp3) is 0.333. The topological polar surface area (TPSA) is 86.8 Å². The molecule has 0 saturated carbocycles. The molecule has 0 spiro atoms. The number of amides is 2. The van der Waals surface area contributed by atoms with Crippen molar-refractivity contribution >= 4 is 21.8 Å². The minimum absolute atomic E-state index is 0.0383. The molecule has 9 heteroatoms. The van der Waals surface area contributed by atoms with Crippen LogP contribution in [0, 0.1) is 5.82 Å². The number of hydrogen-bond acceptors (Lipinski definition) is 4. The molecule has 2 aromatic carbocycles. The third-order valence-electron chi connectivity index (χ3n) is 4.67. The SMILES string of the molecule is CC(C(=O)NCc1ccccc1)N(Cc1ccc(F)cc1)C(=O)CN(C)S(C)(=O)=O. The molecule has 1 atom stereocenters. The molecule has 0 radical (unpaired) electrons. The van der Waals surface area contributed by atoms with Crippen LogP contribution in [0.1, 0.15) is 18.1 Å². The van der Waals surface area contributed by atoms with Gasteiger partial charge in [-0.1, -0.05) is 42.5 Å². The van der Waals surface area contributed by atoms with E-state index in [-0.39, 0.29) is 12.5 Å².